The van der Waals surface area contributed by atoms with E-state index in [0.717, 1.165) is 30.8 Å². The highest BCUT2D eigenvalue weighted by atomic mass is 35.5. The van der Waals surface area contributed by atoms with Gasteiger partial charge in [-0.1, -0.05) is 12.1 Å². The predicted octanol–water partition coefficient (Wildman–Crippen LogP) is 2.72. The van der Waals surface area contributed by atoms with E-state index in [4.69, 9.17) is 10.5 Å². The van der Waals surface area contributed by atoms with Crippen molar-refractivity contribution in [2.24, 2.45) is 11.7 Å². The number of halogens is 1. The molecule has 2 rings (SSSR count). The number of likely N-dealkylation sites (tertiary alicyclic amines) is 1. The fourth-order valence-corrected chi connectivity index (χ4v) is 2.43. The highest BCUT2D eigenvalue weighted by Crippen LogP contribution is 2.17. The van der Waals surface area contributed by atoms with Crippen molar-refractivity contribution in [1.29, 1.82) is 0 Å². The number of hydrogen-bond donors (Lipinski definition) is 1. The Bertz CT molecular complexity index is 500. The van der Waals surface area contributed by atoms with Gasteiger partial charge < -0.3 is 15.4 Å². The van der Waals surface area contributed by atoms with Crippen molar-refractivity contribution < 1.29 is 9.53 Å². The van der Waals surface area contributed by atoms with Crippen LogP contribution in [-0.4, -0.2) is 36.5 Å². The van der Waals surface area contributed by atoms with Crippen LogP contribution in [0.1, 0.15) is 25.8 Å². The predicted molar refractivity (Wildman–Crippen MR) is 92.2 cm³/mol. The first-order valence-electron chi connectivity index (χ1n) is 7.52. The largest absolute Gasteiger partial charge is 0.491 e. The lowest BCUT2D eigenvalue weighted by atomic mass is 10.1. The molecule has 22 heavy (non-hydrogen) atoms. The van der Waals surface area contributed by atoms with Crippen molar-refractivity contribution in [1.82, 2.24) is 4.90 Å². The van der Waals surface area contributed by atoms with E-state index in [1.807, 2.05) is 49.1 Å². The Kier molecular flexibility index (Phi) is 7.42. The Morgan fingerprint density at radius 3 is 2.64 bits per heavy atom. The third-order valence-electron chi connectivity index (χ3n) is 3.60. The van der Waals surface area contributed by atoms with Crippen molar-refractivity contribution >= 4 is 24.4 Å². The van der Waals surface area contributed by atoms with Crippen LogP contribution in [0.25, 0.3) is 6.08 Å². The summed E-state index contributed by atoms with van der Waals surface area (Å²) in [5, 5.41) is 0. The molecule has 4 nitrogen and oxygen atoms in total. The highest BCUT2D eigenvalue weighted by molar-refractivity contribution is 5.92. The third-order valence-corrected chi connectivity index (χ3v) is 3.60. The second kappa shape index (κ2) is 8.81. The van der Waals surface area contributed by atoms with Gasteiger partial charge in [-0.2, -0.15) is 0 Å². The van der Waals surface area contributed by atoms with E-state index in [-0.39, 0.29) is 24.4 Å². The number of benzene rings is 1. The molecule has 1 aliphatic rings. The third kappa shape index (κ3) is 5.35. The summed E-state index contributed by atoms with van der Waals surface area (Å²) >= 11 is 0. The van der Waals surface area contributed by atoms with Gasteiger partial charge in [0.15, 0.2) is 0 Å². The molecule has 1 saturated heterocycles. The molecule has 1 aliphatic heterocycles. The van der Waals surface area contributed by atoms with Crippen LogP contribution < -0.4 is 10.5 Å². The Hall–Kier alpha value is -1.52. The van der Waals surface area contributed by atoms with Crippen molar-refractivity contribution in [3.8, 4) is 5.75 Å². The number of carbonyl (C=O) groups is 1. The summed E-state index contributed by atoms with van der Waals surface area (Å²) in [5.41, 5.74) is 6.64. The lowest BCUT2D eigenvalue weighted by Gasteiger charge is -2.13. The molecule has 0 radical (unpaired) electrons. The van der Waals surface area contributed by atoms with E-state index in [9.17, 15) is 4.79 Å². The molecule has 0 aliphatic carbocycles. The van der Waals surface area contributed by atoms with Gasteiger partial charge in [-0.15, -0.1) is 12.4 Å². The van der Waals surface area contributed by atoms with Gasteiger partial charge in [0.1, 0.15) is 5.75 Å². The maximum Gasteiger partial charge on any atom is 0.246 e. The topological polar surface area (TPSA) is 55.6 Å². The second-order valence-electron chi connectivity index (χ2n) is 5.74. The minimum Gasteiger partial charge on any atom is -0.491 e. The van der Waals surface area contributed by atoms with Crippen LogP contribution in [-0.2, 0) is 4.79 Å². The quantitative estimate of drug-likeness (QED) is 0.847. The van der Waals surface area contributed by atoms with Gasteiger partial charge in [-0.25, -0.2) is 0 Å². The average Bonchev–Trinajstić information content (AvgIpc) is 2.94. The molecule has 0 aromatic heterocycles. The molecular weight excluding hydrogens is 300 g/mol. The molecule has 1 unspecified atom stereocenters. The summed E-state index contributed by atoms with van der Waals surface area (Å²) in [5.74, 6) is 1.36. The second-order valence-corrected chi connectivity index (χ2v) is 5.74. The SMILES string of the molecule is CC(C)Oc1ccc(/C=C/C(=O)N2CCC(CN)C2)cc1.Cl. The Morgan fingerprint density at radius 1 is 1.41 bits per heavy atom. The van der Waals surface area contributed by atoms with Crippen LogP contribution in [0.2, 0.25) is 0 Å². The maximum atomic E-state index is 12.1. The first kappa shape index (κ1) is 18.5. The smallest absolute Gasteiger partial charge is 0.246 e. The zero-order valence-electron chi connectivity index (χ0n) is 13.2. The van der Waals surface area contributed by atoms with E-state index in [1.54, 1.807) is 6.08 Å². The number of carbonyl (C=O) groups excluding carboxylic acids is 1. The van der Waals surface area contributed by atoms with Gasteiger partial charge in [0.2, 0.25) is 5.91 Å². The van der Waals surface area contributed by atoms with Crippen molar-refractivity contribution in [2.75, 3.05) is 19.6 Å². The molecule has 1 heterocycles. The molecular formula is C17H25ClN2O2. The molecule has 1 atom stereocenters. The fourth-order valence-electron chi connectivity index (χ4n) is 2.43. The molecule has 0 saturated carbocycles. The lowest BCUT2D eigenvalue weighted by molar-refractivity contribution is -0.125. The Balaban J connectivity index is 0.00000242. The zero-order valence-corrected chi connectivity index (χ0v) is 14.0. The van der Waals surface area contributed by atoms with Crippen molar-refractivity contribution in [3.05, 3.63) is 35.9 Å². The average molecular weight is 325 g/mol. The van der Waals surface area contributed by atoms with Gasteiger partial charge in [0, 0.05) is 19.2 Å². The van der Waals surface area contributed by atoms with Crippen LogP contribution in [0.5, 0.6) is 5.75 Å². The van der Waals surface area contributed by atoms with E-state index in [0.29, 0.717) is 12.5 Å². The number of nitrogens with zero attached hydrogens (tertiary/aromatic N) is 1. The van der Waals surface area contributed by atoms with Gasteiger partial charge in [0.25, 0.3) is 0 Å². The number of ether oxygens (including phenoxy) is 1. The maximum absolute atomic E-state index is 12.1. The van der Waals surface area contributed by atoms with Crippen molar-refractivity contribution in [3.63, 3.8) is 0 Å². The molecule has 1 aromatic rings. The zero-order chi connectivity index (χ0) is 15.2. The summed E-state index contributed by atoms with van der Waals surface area (Å²) in [4.78, 5) is 13.9. The number of nitrogens with two attached hydrogens (primary N) is 1. The normalized spacial score (nSPS) is 17.8. The molecule has 2 N–H and O–H groups in total. The number of amides is 1. The fraction of sp³-hybridized carbons (Fsp3) is 0.471. The van der Waals surface area contributed by atoms with E-state index >= 15 is 0 Å². The standard InChI is InChI=1S/C17H24N2O2.ClH/c1-13(2)21-16-6-3-14(4-7-16)5-8-17(20)19-10-9-15(11-18)12-19;/h3-8,13,15H,9-12,18H2,1-2H3;1H/b8-5+;. The van der Waals surface area contributed by atoms with Crippen LogP contribution in [0.15, 0.2) is 30.3 Å². The molecule has 122 valence electrons. The minimum absolute atomic E-state index is 0. The van der Waals surface area contributed by atoms with Crippen LogP contribution in [0.3, 0.4) is 0 Å². The summed E-state index contributed by atoms with van der Waals surface area (Å²) in [6.07, 6.45) is 4.66. The highest BCUT2D eigenvalue weighted by Gasteiger charge is 2.23. The first-order valence-corrected chi connectivity index (χ1v) is 7.52. The molecule has 1 fully saturated rings. The van der Waals surface area contributed by atoms with Gasteiger partial charge in [0.05, 0.1) is 6.10 Å². The molecule has 5 heteroatoms. The number of hydrogen-bond acceptors (Lipinski definition) is 3. The lowest BCUT2D eigenvalue weighted by Crippen LogP contribution is -2.28. The van der Waals surface area contributed by atoms with Gasteiger partial charge in [-0.3, -0.25) is 4.79 Å². The van der Waals surface area contributed by atoms with Crippen LogP contribution in [0, 0.1) is 5.92 Å². The summed E-state index contributed by atoms with van der Waals surface area (Å²) in [6.45, 7) is 6.24. The Morgan fingerprint density at radius 2 is 2.09 bits per heavy atom. The monoisotopic (exact) mass is 324 g/mol. The summed E-state index contributed by atoms with van der Waals surface area (Å²) in [7, 11) is 0. The number of rotatable bonds is 5. The first-order chi connectivity index (χ1) is 10.1. The van der Waals surface area contributed by atoms with Gasteiger partial charge in [-0.05, 0) is 56.5 Å². The summed E-state index contributed by atoms with van der Waals surface area (Å²) in [6, 6.07) is 7.75. The van der Waals surface area contributed by atoms with E-state index < -0.39 is 0 Å². The van der Waals surface area contributed by atoms with E-state index in [1.165, 1.54) is 0 Å². The molecule has 0 spiro atoms. The minimum atomic E-state index is 0. The molecule has 0 bridgehead atoms. The molecule has 1 aromatic carbocycles. The van der Waals surface area contributed by atoms with Crippen molar-refractivity contribution in [2.45, 2.75) is 26.4 Å². The Labute approximate surface area is 138 Å². The van der Waals surface area contributed by atoms with Gasteiger partial charge >= 0.3 is 0 Å². The van der Waals surface area contributed by atoms with E-state index in [2.05, 4.69) is 0 Å². The van der Waals surface area contributed by atoms with Crippen LogP contribution >= 0.6 is 12.4 Å². The summed E-state index contributed by atoms with van der Waals surface area (Å²) < 4.78 is 5.59. The molecule has 1 amide bonds. The van der Waals surface area contributed by atoms with Crippen LogP contribution in [0.4, 0.5) is 0 Å².